The number of carbonyl (C=O) groups is 2. The molecule has 1 saturated carbocycles. The molecule has 156 valence electrons. The van der Waals surface area contributed by atoms with Crippen molar-refractivity contribution in [1.29, 1.82) is 0 Å². The van der Waals surface area contributed by atoms with Gasteiger partial charge in [0.2, 0.25) is 5.78 Å². The molecule has 0 unspecified atom stereocenters. The van der Waals surface area contributed by atoms with Gasteiger partial charge in [0.15, 0.2) is 5.13 Å². The number of thiazole rings is 1. The lowest BCUT2D eigenvalue weighted by atomic mass is 9.96. The van der Waals surface area contributed by atoms with Crippen LogP contribution in [-0.4, -0.2) is 35.9 Å². The SMILES string of the molecule is CCc1ccccc1C(=O)c1cnc(NCCCNC(=O)NC2CCCCC2)s1. The molecular formula is C22H30N4O2S. The summed E-state index contributed by atoms with van der Waals surface area (Å²) in [6.45, 7) is 3.35. The highest BCUT2D eigenvalue weighted by molar-refractivity contribution is 7.17. The van der Waals surface area contributed by atoms with Gasteiger partial charge in [-0.05, 0) is 31.2 Å². The Hall–Kier alpha value is -2.41. The molecule has 1 aromatic carbocycles. The second-order valence-corrected chi connectivity index (χ2v) is 8.42. The fraction of sp³-hybridized carbons (Fsp3) is 0.500. The number of nitrogens with one attached hydrogen (secondary N) is 3. The zero-order valence-electron chi connectivity index (χ0n) is 17.0. The molecule has 0 saturated heterocycles. The van der Waals surface area contributed by atoms with E-state index in [1.807, 2.05) is 24.3 Å². The van der Waals surface area contributed by atoms with Gasteiger partial charge in [-0.25, -0.2) is 9.78 Å². The Balaban J connectivity index is 1.38. The van der Waals surface area contributed by atoms with E-state index >= 15 is 0 Å². The predicted octanol–water partition coefficient (Wildman–Crippen LogP) is 4.37. The van der Waals surface area contributed by atoms with Gasteiger partial charge in [-0.3, -0.25) is 4.79 Å². The number of carbonyl (C=O) groups excluding carboxylic acids is 2. The predicted molar refractivity (Wildman–Crippen MR) is 118 cm³/mol. The maximum atomic E-state index is 12.7. The monoisotopic (exact) mass is 414 g/mol. The van der Waals surface area contributed by atoms with Gasteiger partial charge in [-0.15, -0.1) is 0 Å². The Morgan fingerprint density at radius 3 is 2.72 bits per heavy atom. The molecule has 1 heterocycles. The van der Waals surface area contributed by atoms with E-state index in [2.05, 4.69) is 27.9 Å². The van der Waals surface area contributed by atoms with E-state index < -0.39 is 0 Å². The van der Waals surface area contributed by atoms with E-state index in [0.717, 1.165) is 41.9 Å². The van der Waals surface area contributed by atoms with Crippen LogP contribution in [0.3, 0.4) is 0 Å². The van der Waals surface area contributed by atoms with E-state index in [-0.39, 0.29) is 11.8 Å². The molecule has 1 aliphatic carbocycles. The molecule has 0 spiro atoms. The normalized spacial score (nSPS) is 14.4. The van der Waals surface area contributed by atoms with Crippen LogP contribution in [0.15, 0.2) is 30.5 Å². The van der Waals surface area contributed by atoms with Crippen molar-refractivity contribution < 1.29 is 9.59 Å². The van der Waals surface area contributed by atoms with Crippen LogP contribution in [0, 0.1) is 0 Å². The van der Waals surface area contributed by atoms with Crippen molar-refractivity contribution in [3.05, 3.63) is 46.5 Å². The van der Waals surface area contributed by atoms with Crippen LogP contribution in [0.4, 0.5) is 9.93 Å². The summed E-state index contributed by atoms with van der Waals surface area (Å²) in [4.78, 5) is 29.6. The van der Waals surface area contributed by atoms with Crippen LogP contribution in [0.2, 0.25) is 0 Å². The summed E-state index contributed by atoms with van der Waals surface area (Å²) in [5, 5.41) is 9.93. The average molecular weight is 415 g/mol. The van der Waals surface area contributed by atoms with E-state index in [9.17, 15) is 9.59 Å². The zero-order chi connectivity index (χ0) is 20.5. The molecule has 6 nitrogen and oxygen atoms in total. The van der Waals surface area contributed by atoms with Crippen molar-refractivity contribution >= 4 is 28.3 Å². The van der Waals surface area contributed by atoms with Crippen molar-refractivity contribution in [2.24, 2.45) is 0 Å². The summed E-state index contributed by atoms with van der Waals surface area (Å²) in [6.07, 6.45) is 9.12. The van der Waals surface area contributed by atoms with Gasteiger partial charge in [0.1, 0.15) is 0 Å². The van der Waals surface area contributed by atoms with Crippen molar-refractivity contribution in [2.45, 2.75) is 57.9 Å². The molecule has 0 aliphatic heterocycles. The van der Waals surface area contributed by atoms with Crippen molar-refractivity contribution in [3.63, 3.8) is 0 Å². The number of aromatic nitrogens is 1. The van der Waals surface area contributed by atoms with Crippen LogP contribution in [0.25, 0.3) is 0 Å². The number of urea groups is 1. The number of benzene rings is 1. The largest absolute Gasteiger partial charge is 0.361 e. The molecule has 1 aliphatic rings. The Bertz CT molecular complexity index is 815. The quantitative estimate of drug-likeness (QED) is 0.420. The number of anilines is 1. The number of hydrogen-bond acceptors (Lipinski definition) is 5. The lowest BCUT2D eigenvalue weighted by Crippen LogP contribution is -2.43. The maximum absolute atomic E-state index is 12.7. The minimum atomic E-state index is -0.0754. The molecule has 2 aromatic rings. The van der Waals surface area contributed by atoms with Crippen LogP contribution in [0.1, 0.15) is 66.2 Å². The Morgan fingerprint density at radius 2 is 1.93 bits per heavy atom. The Morgan fingerprint density at radius 1 is 1.14 bits per heavy atom. The molecule has 0 atom stereocenters. The molecular weight excluding hydrogens is 384 g/mol. The molecule has 1 fully saturated rings. The first kappa shape index (κ1) is 21.3. The second kappa shape index (κ2) is 11.0. The molecule has 0 bridgehead atoms. The van der Waals surface area contributed by atoms with Crippen LogP contribution in [-0.2, 0) is 6.42 Å². The Labute approximate surface area is 176 Å². The minimum absolute atomic E-state index is 0.0223. The number of amides is 2. The van der Waals surface area contributed by atoms with Gasteiger partial charge < -0.3 is 16.0 Å². The number of aryl methyl sites for hydroxylation is 1. The summed E-state index contributed by atoms with van der Waals surface area (Å²) in [6, 6.07) is 7.96. The third kappa shape index (κ3) is 6.29. The van der Waals surface area contributed by atoms with Crippen LogP contribution < -0.4 is 16.0 Å². The first-order valence-electron chi connectivity index (χ1n) is 10.5. The lowest BCUT2D eigenvalue weighted by Gasteiger charge is -2.22. The van der Waals surface area contributed by atoms with Crippen molar-refractivity contribution in [1.82, 2.24) is 15.6 Å². The van der Waals surface area contributed by atoms with Crippen molar-refractivity contribution in [2.75, 3.05) is 18.4 Å². The summed E-state index contributed by atoms with van der Waals surface area (Å²) >= 11 is 1.37. The second-order valence-electron chi connectivity index (χ2n) is 7.38. The number of nitrogens with zero attached hydrogens (tertiary/aromatic N) is 1. The fourth-order valence-corrected chi connectivity index (χ4v) is 4.41. The summed E-state index contributed by atoms with van der Waals surface area (Å²) in [5.74, 6) is 0.0223. The molecule has 3 N–H and O–H groups in total. The van der Waals surface area contributed by atoms with Crippen LogP contribution in [0.5, 0.6) is 0 Å². The van der Waals surface area contributed by atoms with Gasteiger partial charge in [0.25, 0.3) is 0 Å². The topological polar surface area (TPSA) is 83.1 Å². The molecule has 1 aromatic heterocycles. The van der Waals surface area contributed by atoms with E-state index in [4.69, 9.17) is 0 Å². The van der Waals surface area contributed by atoms with Gasteiger partial charge in [0, 0.05) is 24.7 Å². The minimum Gasteiger partial charge on any atom is -0.361 e. The fourth-order valence-electron chi connectivity index (χ4n) is 3.61. The molecule has 7 heteroatoms. The molecule has 3 rings (SSSR count). The molecule has 29 heavy (non-hydrogen) atoms. The Kier molecular flexibility index (Phi) is 8.04. The smallest absolute Gasteiger partial charge is 0.315 e. The average Bonchev–Trinajstić information content (AvgIpc) is 3.22. The van der Waals surface area contributed by atoms with Gasteiger partial charge in [-0.1, -0.05) is 61.8 Å². The summed E-state index contributed by atoms with van der Waals surface area (Å²) in [5.41, 5.74) is 1.80. The molecule has 0 radical (unpaired) electrons. The first-order chi connectivity index (χ1) is 14.2. The van der Waals surface area contributed by atoms with Crippen LogP contribution >= 0.6 is 11.3 Å². The number of rotatable bonds is 9. The summed E-state index contributed by atoms with van der Waals surface area (Å²) < 4.78 is 0. The third-order valence-corrected chi connectivity index (χ3v) is 6.18. The van der Waals surface area contributed by atoms with Gasteiger partial charge in [0.05, 0.1) is 11.1 Å². The van der Waals surface area contributed by atoms with E-state index in [0.29, 0.717) is 24.0 Å². The van der Waals surface area contributed by atoms with Crippen molar-refractivity contribution in [3.8, 4) is 0 Å². The van der Waals surface area contributed by atoms with E-state index in [1.165, 1.54) is 30.6 Å². The highest BCUT2D eigenvalue weighted by atomic mass is 32.1. The highest BCUT2D eigenvalue weighted by Crippen LogP contribution is 2.23. The maximum Gasteiger partial charge on any atom is 0.315 e. The summed E-state index contributed by atoms with van der Waals surface area (Å²) in [7, 11) is 0. The first-order valence-corrected chi connectivity index (χ1v) is 11.4. The lowest BCUT2D eigenvalue weighted by molar-refractivity contribution is 0.104. The zero-order valence-corrected chi connectivity index (χ0v) is 17.8. The number of ketones is 1. The van der Waals surface area contributed by atoms with E-state index in [1.54, 1.807) is 6.20 Å². The highest BCUT2D eigenvalue weighted by Gasteiger charge is 2.16. The standard InChI is InChI=1S/C22H30N4O2S/c1-2-16-9-6-7-12-18(16)20(27)19-15-25-22(29-19)24-14-8-13-23-21(28)26-17-10-4-3-5-11-17/h6-7,9,12,15,17H,2-5,8,10-11,13-14H2,1H3,(H,24,25)(H2,23,26,28). The van der Waals surface area contributed by atoms with Gasteiger partial charge in [-0.2, -0.15) is 0 Å². The molecule has 2 amide bonds. The van der Waals surface area contributed by atoms with Gasteiger partial charge >= 0.3 is 6.03 Å². The number of hydrogen-bond donors (Lipinski definition) is 3. The third-order valence-electron chi connectivity index (χ3n) is 5.23.